The predicted octanol–water partition coefficient (Wildman–Crippen LogP) is 1.94. The highest BCUT2D eigenvalue weighted by Gasteiger charge is 2.44. The van der Waals surface area contributed by atoms with Gasteiger partial charge in [-0.3, -0.25) is 9.59 Å². The van der Waals surface area contributed by atoms with E-state index in [9.17, 15) is 9.59 Å². The maximum atomic E-state index is 13.1. The number of amides is 2. The van der Waals surface area contributed by atoms with E-state index in [-0.39, 0.29) is 24.0 Å². The second-order valence-electron chi connectivity index (χ2n) is 7.50. The van der Waals surface area contributed by atoms with Crippen LogP contribution < -0.4 is 5.32 Å². The zero-order valence-corrected chi connectivity index (χ0v) is 15.2. The third kappa shape index (κ3) is 2.98. The molecule has 2 aromatic heterocycles. The van der Waals surface area contributed by atoms with Crippen molar-refractivity contribution in [2.75, 3.05) is 20.2 Å². The fourth-order valence-electron chi connectivity index (χ4n) is 4.65. The van der Waals surface area contributed by atoms with Gasteiger partial charge >= 0.3 is 0 Å². The van der Waals surface area contributed by atoms with Gasteiger partial charge in [-0.05, 0) is 48.9 Å². The SMILES string of the molecule is CO[C@@H]1C[C@H]2CN(C(=O)c3ccc4ccccn34)C[C@H]2C[C@H]1NC(C)=O. The van der Waals surface area contributed by atoms with E-state index in [1.165, 1.54) is 0 Å². The molecule has 0 aromatic carbocycles. The number of aromatic nitrogens is 1. The molecule has 6 nitrogen and oxygen atoms in total. The lowest BCUT2D eigenvalue weighted by Gasteiger charge is -2.37. The van der Waals surface area contributed by atoms with Crippen LogP contribution in [0.5, 0.6) is 0 Å². The van der Waals surface area contributed by atoms with Crippen LogP contribution in [0.15, 0.2) is 36.5 Å². The van der Waals surface area contributed by atoms with Crippen molar-refractivity contribution in [1.82, 2.24) is 14.6 Å². The number of carbonyl (C=O) groups excluding carboxylic acids is 2. The number of nitrogens with one attached hydrogen (secondary N) is 1. The summed E-state index contributed by atoms with van der Waals surface area (Å²) in [5.74, 6) is 0.894. The molecule has 1 aliphatic heterocycles. The second-order valence-corrected chi connectivity index (χ2v) is 7.50. The largest absolute Gasteiger partial charge is 0.379 e. The lowest BCUT2D eigenvalue weighted by molar-refractivity contribution is -0.121. The number of hydrogen-bond acceptors (Lipinski definition) is 3. The van der Waals surface area contributed by atoms with Crippen molar-refractivity contribution in [2.45, 2.75) is 31.9 Å². The Hall–Kier alpha value is -2.34. The number of nitrogens with zero attached hydrogens (tertiary/aromatic N) is 2. The molecule has 6 heteroatoms. The number of fused-ring (bicyclic) bond motifs is 2. The van der Waals surface area contributed by atoms with Crippen molar-refractivity contribution in [3.8, 4) is 0 Å². The molecule has 1 saturated heterocycles. The number of carbonyl (C=O) groups is 2. The van der Waals surface area contributed by atoms with E-state index >= 15 is 0 Å². The smallest absolute Gasteiger partial charge is 0.270 e. The molecule has 26 heavy (non-hydrogen) atoms. The van der Waals surface area contributed by atoms with Gasteiger partial charge in [0.15, 0.2) is 0 Å². The monoisotopic (exact) mass is 355 g/mol. The summed E-state index contributed by atoms with van der Waals surface area (Å²) in [6, 6.07) is 9.82. The molecule has 0 bridgehead atoms. The van der Waals surface area contributed by atoms with Crippen molar-refractivity contribution in [2.24, 2.45) is 11.8 Å². The number of rotatable bonds is 3. The third-order valence-electron chi connectivity index (χ3n) is 5.88. The quantitative estimate of drug-likeness (QED) is 0.915. The van der Waals surface area contributed by atoms with Gasteiger partial charge in [0.2, 0.25) is 5.91 Å². The molecule has 4 atom stereocenters. The summed E-state index contributed by atoms with van der Waals surface area (Å²) in [7, 11) is 1.70. The van der Waals surface area contributed by atoms with E-state index in [2.05, 4.69) is 5.32 Å². The first-order valence-corrected chi connectivity index (χ1v) is 9.22. The molecule has 3 heterocycles. The first-order valence-electron chi connectivity index (χ1n) is 9.22. The summed E-state index contributed by atoms with van der Waals surface area (Å²) in [4.78, 5) is 26.5. The fourth-order valence-corrected chi connectivity index (χ4v) is 4.65. The number of likely N-dealkylation sites (tertiary alicyclic amines) is 1. The molecule has 1 N–H and O–H groups in total. The molecule has 4 rings (SSSR count). The van der Waals surface area contributed by atoms with Crippen LogP contribution in [-0.2, 0) is 9.53 Å². The predicted molar refractivity (Wildman–Crippen MR) is 97.9 cm³/mol. The van der Waals surface area contributed by atoms with Gasteiger partial charge < -0.3 is 19.4 Å². The standard InChI is InChI=1S/C20H25N3O3/c1-13(24)21-17-9-14-11-22(12-15(14)10-19(17)26-2)20(25)18-7-6-16-5-3-4-8-23(16)18/h3-8,14-15,17,19H,9-12H2,1-2H3,(H,21,24)/t14-,15+,17-,19-/m1/s1. The minimum Gasteiger partial charge on any atom is -0.379 e. The fraction of sp³-hybridized carbons (Fsp3) is 0.500. The zero-order chi connectivity index (χ0) is 18.3. The number of pyridine rings is 1. The van der Waals surface area contributed by atoms with Crippen molar-refractivity contribution >= 4 is 17.3 Å². The van der Waals surface area contributed by atoms with Gasteiger partial charge in [0.05, 0.1) is 12.1 Å². The van der Waals surface area contributed by atoms with Crippen molar-refractivity contribution in [3.05, 3.63) is 42.2 Å². The van der Waals surface area contributed by atoms with Gasteiger partial charge in [-0.25, -0.2) is 0 Å². The molecule has 0 unspecified atom stereocenters. The molecule has 2 fully saturated rings. The van der Waals surface area contributed by atoms with Gasteiger partial charge in [0, 0.05) is 38.8 Å². The summed E-state index contributed by atoms with van der Waals surface area (Å²) < 4.78 is 7.56. The maximum Gasteiger partial charge on any atom is 0.270 e. The van der Waals surface area contributed by atoms with E-state index in [1.54, 1.807) is 14.0 Å². The van der Waals surface area contributed by atoms with Gasteiger partial charge in [-0.2, -0.15) is 0 Å². The Morgan fingerprint density at radius 1 is 1.12 bits per heavy atom. The van der Waals surface area contributed by atoms with Crippen LogP contribution in [0.1, 0.15) is 30.3 Å². The summed E-state index contributed by atoms with van der Waals surface area (Å²) in [5.41, 5.74) is 1.73. The average Bonchev–Trinajstić information content (AvgIpc) is 3.23. The van der Waals surface area contributed by atoms with Crippen LogP contribution in [-0.4, -0.2) is 53.5 Å². The van der Waals surface area contributed by atoms with E-state index in [0.717, 1.165) is 31.4 Å². The Balaban J connectivity index is 1.51. The van der Waals surface area contributed by atoms with Crippen LogP contribution in [0.3, 0.4) is 0 Å². The van der Waals surface area contributed by atoms with E-state index in [1.807, 2.05) is 45.8 Å². The summed E-state index contributed by atoms with van der Waals surface area (Å²) in [6.45, 7) is 3.05. The van der Waals surface area contributed by atoms with Crippen molar-refractivity contribution in [3.63, 3.8) is 0 Å². The summed E-state index contributed by atoms with van der Waals surface area (Å²) >= 11 is 0. The molecular weight excluding hydrogens is 330 g/mol. The first kappa shape index (κ1) is 17.1. The van der Waals surface area contributed by atoms with Crippen LogP contribution in [0.4, 0.5) is 0 Å². The zero-order valence-electron chi connectivity index (χ0n) is 15.2. The Bertz CT molecular complexity index is 831. The van der Waals surface area contributed by atoms with E-state index in [4.69, 9.17) is 4.74 Å². The van der Waals surface area contributed by atoms with Crippen molar-refractivity contribution < 1.29 is 14.3 Å². The van der Waals surface area contributed by atoms with Gasteiger partial charge in [-0.15, -0.1) is 0 Å². The second kappa shape index (κ2) is 6.76. The van der Waals surface area contributed by atoms with Gasteiger partial charge in [-0.1, -0.05) is 6.07 Å². The normalized spacial score (nSPS) is 28.2. The lowest BCUT2D eigenvalue weighted by atomic mass is 9.77. The topological polar surface area (TPSA) is 63.1 Å². The van der Waals surface area contributed by atoms with Crippen LogP contribution in [0, 0.1) is 11.8 Å². The van der Waals surface area contributed by atoms with E-state index < -0.39 is 0 Å². The molecule has 2 aliphatic rings. The van der Waals surface area contributed by atoms with Crippen molar-refractivity contribution in [1.29, 1.82) is 0 Å². The highest BCUT2D eigenvalue weighted by molar-refractivity contribution is 5.94. The Morgan fingerprint density at radius 2 is 1.88 bits per heavy atom. The van der Waals surface area contributed by atoms with E-state index in [0.29, 0.717) is 17.5 Å². The minimum absolute atomic E-state index is 0.0179. The molecular formula is C20H25N3O3. The molecule has 1 saturated carbocycles. The van der Waals surface area contributed by atoms with Gasteiger partial charge in [0.25, 0.3) is 5.91 Å². The van der Waals surface area contributed by atoms with Crippen LogP contribution in [0.25, 0.3) is 5.52 Å². The maximum absolute atomic E-state index is 13.1. The van der Waals surface area contributed by atoms with Crippen LogP contribution >= 0.6 is 0 Å². The highest BCUT2D eigenvalue weighted by atomic mass is 16.5. The Labute approximate surface area is 153 Å². The Morgan fingerprint density at radius 3 is 2.62 bits per heavy atom. The lowest BCUT2D eigenvalue weighted by Crippen LogP contribution is -2.49. The highest BCUT2D eigenvalue weighted by Crippen LogP contribution is 2.38. The molecule has 138 valence electrons. The number of methoxy groups -OCH3 is 1. The van der Waals surface area contributed by atoms with Gasteiger partial charge in [0.1, 0.15) is 5.69 Å². The molecule has 2 aromatic rings. The Kier molecular flexibility index (Phi) is 4.44. The summed E-state index contributed by atoms with van der Waals surface area (Å²) in [5, 5.41) is 3.02. The average molecular weight is 355 g/mol. The van der Waals surface area contributed by atoms with Crippen LogP contribution in [0.2, 0.25) is 0 Å². The minimum atomic E-state index is -0.0268. The third-order valence-corrected chi connectivity index (χ3v) is 5.88. The molecule has 0 radical (unpaired) electrons. The summed E-state index contributed by atoms with van der Waals surface area (Å²) in [6.07, 6.45) is 3.69. The first-order chi connectivity index (χ1) is 12.6. The molecule has 1 aliphatic carbocycles. The molecule has 0 spiro atoms. The molecule has 2 amide bonds. The number of ether oxygens (including phenoxy) is 1. The number of hydrogen-bond donors (Lipinski definition) is 1.